The second kappa shape index (κ2) is 11.0. The van der Waals surface area contributed by atoms with Crippen LogP contribution in [-0.2, 0) is 10.2 Å². The fourth-order valence-electron chi connectivity index (χ4n) is 5.66. The van der Waals surface area contributed by atoms with Crippen molar-refractivity contribution in [3.63, 3.8) is 0 Å². The van der Waals surface area contributed by atoms with E-state index in [1.807, 2.05) is 12.1 Å². The molecule has 0 unspecified atom stereocenters. The highest BCUT2D eigenvalue weighted by atomic mass is 16.5. The first-order valence-electron chi connectivity index (χ1n) is 13.5. The molecular formula is C31H42N2O3. The van der Waals surface area contributed by atoms with Gasteiger partial charge in [-0.3, -0.25) is 4.79 Å². The number of carbonyl (C=O) groups is 1. The van der Waals surface area contributed by atoms with E-state index in [0.717, 1.165) is 23.5 Å². The minimum Gasteiger partial charge on any atom is -0.493 e. The van der Waals surface area contributed by atoms with Crippen molar-refractivity contribution in [3.8, 4) is 11.5 Å². The summed E-state index contributed by atoms with van der Waals surface area (Å²) in [6.45, 7) is 10.2. The number of ether oxygens (including phenoxy) is 2. The van der Waals surface area contributed by atoms with Gasteiger partial charge in [0.2, 0.25) is 5.91 Å². The van der Waals surface area contributed by atoms with Crippen molar-refractivity contribution in [2.45, 2.75) is 83.7 Å². The molecular weight excluding hydrogens is 448 g/mol. The molecule has 2 aromatic rings. The normalized spacial score (nSPS) is 20.2. The van der Waals surface area contributed by atoms with Crippen molar-refractivity contribution in [2.24, 2.45) is 0 Å². The summed E-state index contributed by atoms with van der Waals surface area (Å²) in [6, 6.07) is 12.7. The molecule has 194 valence electrons. The van der Waals surface area contributed by atoms with Crippen LogP contribution in [0.2, 0.25) is 0 Å². The van der Waals surface area contributed by atoms with E-state index in [1.165, 1.54) is 48.9 Å². The maximum atomic E-state index is 12.7. The molecule has 0 radical (unpaired) electrons. The van der Waals surface area contributed by atoms with Gasteiger partial charge < -0.3 is 19.7 Å². The van der Waals surface area contributed by atoms with E-state index in [9.17, 15) is 4.79 Å². The standard InChI is InChI=1S/C31H42N2O3/c1-6-7-8-9-10-11-20-36-27-15-13-24(22-28(27)35-5)16-18-31-30(3,4)25-21-23(2)12-14-26(25)33(31)19-17-29(34)32-31/h12-16,18,21-22H,6-11,17,19-20H2,1-5H3,(H,32,34)/b18-16+/t31-/m1/s1. The third-order valence-corrected chi connectivity index (χ3v) is 7.85. The molecule has 5 nitrogen and oxygen atoms in total. The Morgan fingerprint density at radius 2 is 1.81 bits per heavy atom. The predicted molar refractivity (Wildman–Crippen MR) is 148 cm³/mol. The van der Waals surface area contributed by atoms with E-state index in [1.54, 1.807) is 7.11 Å². The molecule has 1 N–H and O–H groups in total. The van der Waals surface area contributed by atoms with Crippen molar-refractivity contribution in [2.75, 3.05) is 25.2 Å². The first-order valence-corrected chi connectivity index (χ1v) is 13.5. The van der Waals surface area contributed by atoms with Gasteiger partial charge in [-0.05, 0) is 48.7 Å². The first-order chi connectivity index (χ1) is 17.3. The zero-order valence-corrected chi connectivity index (χ0v) is 22.7. The monoisotopic (exact) mass is 490 g/mol. The molecule has 2 aliphatic heterocycles. The quantitative estimate of drug-likeness (QED) is 0.353. The number of rotatable bonds is 11. The Bertz CT molecular complexity index is 1110. The average Bonchev–Trinajstić information content (AvgIpc) is 3.05. The largest absolute Gasteiger partial charge is 0.493 e. The van der Waals surface area contributed by atoms with E-state index >= 15 is 0 Å². The molecule has 0 spiro atoms. The van der Waals surface area contributed by atoms with Gasteiger partial charge in [-0.25, -0.2) is 0 Å². The Kier molecular flexibility index (Phi) is 7.97. The summed E-state index contributed by atoms with van der Waals surface area (Å²) in [7, 11) is 1.68. The lowest BCUT2D eigenvalue weighted by molar-refractivity contribution is -0.124. The van der Waals surface area contributed by atoms with Crippen LogP contribution in [-0.4, -0.2) is 31.8 Å². The van der Waals surface area contributed by atoms with E-state index in [0.29, 0.717) is 19.6 Å². The average molecular weight is 491 g/mol. The second-order valence-corrected chi connectivity index (χ2v) is 10.7. The molecule has 4 rings (SSSR count). The van der Waals surface area contributed by atoms with Crippen LogP contribution in [0, 0.1) is 6.92 Å². The number of methoxy groups -OCH3 is 1. The van der Waals surface area contributed by atoms with Crippen LogP contribution in [0.3, 0.4) is 0 Å². The van der Waals surface area contributed by atoms with Gasteiger partial charge in [0.25, 0.3) is 0 Å². The number of hydrogen-bond acceptors (Lipinski definition) is 4. The molecule has 1 saturated heterocycles. The summed E-state index contributed by atoms with van der Waals surface area (Å²) in [6.07, 6.45) is 12.2. The fourth-order valence-corrected chi connectivity index (χ4v) is 5.66. The van der Waals surface area contributed by atoms with Gasteiger partial charge in [-0.1, -0.05) is 82.7 Å². The summed E-state index contributed by atoms with van der Waals surface area (Å²) < 4.78 is 11.7. The SMILES string of the molecule is CCCCCCCCOc1ccc(/C=C/[C@@]23NC(=O)CCN2c2ccc(C)cc2C3(C)C)cc1OC. The van der Waals surface area contributed by atoms with Crippen LogP contribution in [0.4, 0.5) is 5.69 Å². The lowest BCUT2D eigenvalue weighted by Crippen LogP contribution is -2.68. The zero-order valence-electron chi connectivity index (χ0n) is 22.7. The number of benzene rings is 2. The highest BCUT2D eigenvalue weighted by Crippen LogP contribution is 2.52. The minimum atomic E-state index is -0.626. The fraction of sp³-hybridized carbons (Fsp3) is 0.516. The summed E-state index contributed by atoms with van der Waals surface area (Å²) in [5, 5.41) is 3.36. The number of aryl methyl sites for hydroxylation is 1. The van der Waals surface area contributed by atoms with Crippen molar-refractivity contribution >= 4 is 17.7 Å². The summed E-state index contributed by atoms with van der Waals surface area (Å²) in [4.78, 5) is 15.0. The van der Waals surface area contributed by atoms with Crippen LogP contribution in [0.15, 0.2) is 42.5 Å². The molecule has 2 aromatic carbocycles. The molecule has 1 atom stereocenters. The van der Waals surface area contributed by atoms with Crippen LogP contribution in [0.25, 0.3) is 6.08 Å². The number of nitrogens with one attached hydrogen (secondary N) is 1. The van der Waals surface area contributed by atoms with E-state index in [2.05, 4.69) is 74.3 Å². The molecule has 1 amide bonds. The molecule has 0 bridgehead atoms. The Labute approximate surface area is 216 Å². The van der Waals surface area contributed by atoms with Gasteiger partial charge in [-0.2, -0.15) is 0 Å². The van der Waals surface area contributed by atoms with Crippen molar-refractivity contribution in [3.05, 3.63) is 59.2 Å². The molecule has 0 aromatic heterocycles. The Balaban J connectivity index is 1.53. The number of fused-ring (bicyclic) bond motifs is 3. The Morgan fingerprint density at radius 3 is 2.58 bits per heavy atom. The van der Waals surface area contributed by atoms with Crippen molar-refractivity contribution in [1.29, 1.82) is 0 Å². The number of unbranched alkanes of at least 4 members (excludes halogenated alkanes) is 5. The number of amides is 1. The minimum absolute atomic E-state index is 0.0875. The number of anilines is 1. The van der Waals surface area contributed by atoms with Gasteiger partial charge in [-0.15, -0.1) is 0 Å². The third kappa shape index (κ3) is 4.98. The molecule has 2 heterocycles. The van der Waals surface area contributed by atoms with E-state index in [-0.39, 0.29) is 11.3 Å². The second-order valence-electron chi connectivity index (χ2n) is 10.7. The van der Waals surface area contributed by atoms with Gasteiger partial charge in [0.05, 0.1) is 13.7 Å². The third-order valence-electron chi connectivity index (χ3n) is 7.85. The summed E-state index contributed by atoms with van der Waals surface area (Å²) in [5.74, 6) is 1.59. The highest BCUT2D eigenvalue weighted by molar-refractivity contribution is 5.84. The van der Waals surface area contributed by atoms with E-state index in [4.69, 9.17) is 9.47 Å². The smallest absolute Gasteiger partial charge is 0.223 e. The Hall–Kier alpha value is -2.95. The lowest BCUT2D eigenvalue weighted by atomic mass is 9.74. The van der Waals surface area contributed by atoms with Crippen LogP contribution in [0.1, 0.15) is 82.4 Å². The summed E-state index contributed by atoms with van der Waals surface area (Å²) >= 11 is 0. The molecule has 5 heteroatoms. The number of nitrogens with zero attached hydrogens (tertiary/aromatic N) is 1. The highest BCUT2D eigenvalue weighted by Gasteiger charge is 2.57. The van der Waals surface area contributed by atoms with E-state index < -0.39 is 5.66 Å². The van der Waals surface area contributed by atoms with Crippen molar-refractivity contribution in [1.82, 2.24) is 5.32 Å². The summed E-state index contributed by atoms with van der Waals surface area (Å²) in [5.41, 5.74) is 3.78. The zero-order chi connectivity index (χ0) is 25.8. The van der Waals surface area contributed by atoms with Gasteiger partial charge in [0.1, 0.15) is 5.66 Å². The molecule has 2 aliphatic rings. The maximum Gasteiger partial charge on any atom is 0.223 e. The number of hydrogen-bond donors (Lipinski definition) is 1. The number of carbonyl (C=O) groups excluding carboxylic acids is 1. The lowest BCUT2D eigenvalue weighted by Gasteiger charge is -2.49. The maximum absolute atomic E-state index is 12.7. The molecule has 36 heavy (non-hydrogen) atoms. The Morgan fingerprint density at radius 1 is 1.03 bits per heavy atom. The molecule has 0 saturated carbocycles. The first kappa shape index (κ1) is 26.1. The van der Waals surface area contributed by atoms with Crippen LogP contribution in [0.5, 0.6) is 11.5 Å². The van der Waals surface area contributed by atoms with Crippen LogP contribution < -0.4 is 19.7 Å². The van der Waals surface area contributed by atoms with Gasteiger partial charge >= 0.3 is 0 Å². The van der Waals surface area contributed by atoms with Crippen molar-refractivity contribution < 1.29 is 14.3 Å². The molecule has 1 fully saturated rings. The van der Waals surface area contributed by atoms with Gasteiger partial charge in [0, 0.05) is 24.1 Å². The van der Waals surface area contributed by atoms with Crippen LogP contribution >= 0.6 is 0 Å². The molecule has 0 aliphatic carbocycles. The predicted octanol–water partition coefficient (Wildman–Crippen LogP) is 6.77. The van der Waals surface area contributed by atoms with Gasteiger partial charge in [0.15, 0.2) is 11.5 Å². The topological polar surface area (TPSA) is 50.8 Å².